The lowest BCUT2D eigenvalue weighted by Gasteiger charge is -2.12. The minimum Gasteiger partial charge on any atom is -0.396 e. The Kier molecular flexibility index (Phi) is 3.83. The molecule has 0 heterocycles. The van der Waals surface area contributed by atoms with E-state index in [1.165, 1.54) is 0 Å². The smallest absolute Gasteiger partial charge is 0.250 e. The molecule has 6 heteroatoms. The number of nitrogens with two attached hydrogens (primary N) is 2. The van der Waals surface area contributed by atoms with Gasteiger partial charge in [0.15, 0.2) is 0 Å². The first-order chi connectivity index (χ1) is 8.99. The van der Waals surface area contributed by atoms with Crippen molar-refractivity contribution in [3.05, 3.63) is 52.0 Å². The van der Waals surface area contributed by atoms with Gasteiger partial charge in [0.25, 0.3) is 5.91 Å². The van der Waals surface area contributed by atoms with Gasteiger partial charge in [-0.25, -0.2) is 0 Å². The molecule has 0 aromatic heterocycles. The van der Waals surface area contributed by atoms with Crippen LogP contribution < -0.4 is 16.8 Å². The average molecular weight is 296 g/mol. The molecule has 98 valence electrons. The van der Waals surface area contributed by atoms with E-state index in [1.54, 1.807) is 36.4 Å². The minimum atomic E-state index is -0.574. The maximum absolute atomic E-state index is 11.2. The van der Waals surface area contributed by atoms with Gasteiger partial charge >= 0.3 is 0 Å². The third kappa shape index (κ3) is 2.92. The molecule has 1 amide bonds. The molecule has 0 unspecified atom stereocenters. The number of amides is 1. The zero-order chi connectivity index (χ0) is 14.0. The summed E-state index contributed by atoms with van der Waals surface area (Å²) in [4.78, 5) is 11.2. The second-order valence-corrected chi connectivity index (χ2v) is 4.70. The van der Waals surface area contributed by atoms with Crippen molar-refractivity contribution >= 4 is 46.2 Å². The number of benzene rings is 2. The molecule has 0 aliphatic rings. The number of rotatable bonds is 3. The monoisotopic (exact) mass is 295 g/mol. The summed E-state index contributed by atoms with van der Waals surface area (Å²) >= 11 is 11.8. The number of hydrogen-bond acceptors (Lipinski definition) is 3. The molecule has 0 radical (unpaired) electrons. The maximum atomic E-state index is 11.2. The van der Waals surface area contributed by atoms with Crippen LogP contribution in [0.5, 0.6) is 0 Å². The molecule has 0 spiro atoms. The van der Waals surface area contributed by atoms with E-state index >= 15 is 0 Å². The van der Waals surface area contributed by atoms with Crippen LogP contribution in [0.1, 0.15) is 10.4 Å². The SMILES string of the molecule is NC(=O)c1cccc(Nc2ccc(Cl)c(Cl)c2)c1N. The second-order valence-electron chi connectivity index (χ2n) is 3.88. The van der Waals surface area contributed by atoms with E-state index in [2.05, 4.69) is 5.32 Å². The zero-order valence-corrected chi connectivity index (χ0v) is 11.3. The number of nitrogen functional groups attached to an aromatic ring is 1. The van der Waals surface area contributed by atoms with Gasteiger partial charge in [0, 0.05) is 5.69 Å². The summed E-state index contributed by atoms with van der Waals surface area (Å²) in [5.41, 5.74) is 13.0. The first-order valence-electron chi connectivity index (χ1n) is 5.39. The number of carbonyl (C=O) groups is 1. The number of anilines is 3. The number of carbonyl (C=O) groups excluding carboxylic acids is 1. The Morgan fingerprint density at radius 1 is 1.11 bits per heavy atom. The van der Waals surface area contributed by atoms with Crippen molar-refractivity contribution in [3.8, 4) is 0 Å². The fourth-order valence-electron chi connectivity index (χ4n) is 1.62. The topological polar surface area (TPSA) is 81.1 Å². The van der Waals surface area contributed by atoms with Crippen LogP contribution in [-0.2, 0) is 0 Å². The lowest BCUT2D eigenvalue weighted by atomic mass is 10.1. The molecular weight excluding hydrogens is 285 g/mol. The van der Waals surface area contributed by atoms with E-state index < -0.39 is 5.91 Å². The number of halogens is 2. The summed E-state index contributed by atoms with van der Waals surface area (Å²) in [7, 11) is 0. The van der Waals surface area contributed by atoms with Gasteiger partial charge in [0.2, 0.25) is 0 Å². The average Bonchev–Trinajstić information content (AvgIpc) is 2.36. The van der Waals surface area contributed by atoms with E-state index in [1.807, 2.05) is 0 Å². The fourth-order valence-corrected chi connectivity index (χ4v) is 1.92. The van der Waals surface area contributed by atoms with Crippen LogP contribution >= 0.6 is 23.2 Å². The summed E-state index contributed by atoms with van der Waals surface area (Å²) in [6.45, 7) is 0. The zero-order valence-electron chi connectivity index (χ0n) is 9.78. The lowest BCUT2D eigenvalue weighted by molar-refractivity contribution is 0.100. The number of primary amides is 1. The van der Waals surface area contributed by atoms with Crippen molar-refractivity contribution in [2.24, 2.45) is 5.73 Å². The molecule has 0 atom stereocenters. The van der Waals surface area contributed by atoms with Gasteiger partial charge in [-0.05, 0) is 30.3 Å². The molecule has 0 saturated carbocycles. The molecule has 0 aliphatic heterocycles. The highest BCUT2D eigenvalue weighted by Crippen LogP contribution is 2.30. The Bertz CT molecular complexity index is 644. The van der Waals surface area contributed by atoms with Crippen LogP contribution in [0.2, 0.25) is 10.0 Å². The van der Waals surface area contributed by atoms with Gasteiger partial charge in [0.1, 0.15) is 0 Å². The summed E-state index contributed by atoms with van der Waals surface area (Å²) in [6, 6.07) is 10.1. The highest BCUT2D eigenvalue weighted by Gasteiger charge is 2.09. The van der Waals surface area contributed by atoms with Crippen molar-refractivity contribution in [3.63, 3.8) is 0 Å². The van der Waals surface area contributed by atoms with Crippen molar-refractivity contribution < 1.29 is 4.79 Å². The fraction of sp³-hybridized carbons (Fsp3) is 0. The first-order valence-corrected chi connectivity index (χ1v) is 6.15. The standard InChI is InChI=1S/C13H11Cl2N3O/c14-9-5-4-7(6-10(9)15)18-11-3-1-2-8(12(11)16)13(17)19/h1-6,18H,16H2,(H2,17,19). The third-order valence-electron chi connectivity index (χ3n) is 2.57. The predicted octanol–water partition coefficient (Wildman–Crippen LogP) is 3.42. The Hall–Kier alpha value is -1.91. The summed E-state index contributed by atoms with van der Waals surface area (Å²) in [5.74, 6) is -0.574. The molecule has 2 aromatic carbocycles. The second kappa shape index (κ2) is 5.38. The van der Waals surface area contributed by atoms with E-state index in [-0.39, 0.29) is 5.56 Å². The predicted molar refractivity (Wildman–Crippen MR) is 79.1 cm³/mol. The molecule has 5 N–H and O–H groups in total. The van der Waals surface area contributed by atoms with Gasteiger partial charge in [-0.2, -0.15) is 0 Å². The summed E-state index contributed by atoms with van der Waals surface area (Å²) in [5, 5.41) is 3.95. The van der Waals surface area contributed by atoms with Crippen molar-refractivity contribution in [1.82, 2.24) is 0 Å². The van der Waals surface area contributed by atoms with Crippen molar-refractivity contribution in [2.75, 3.05) is 11.1 Å². The van der Waals surface area contributed by atoms with Gasteiger partial charge in [0.05, 0.1) is 27.0 Å². The third-order valence-corrected chi connectivity index (χ3v) is 3.31. The Morgan fingerprint density at radius 2 is 1.84 bits per heavy atom. The Balaban J connectivity index is 2.35. The molecule has 2 rings (SSSR count). The Morgan fingerprint density at radius 3 is 2.47 bits per heavy atom. The molecule has 0 aliphatic carbocycles. The minimum absolute atomic E-state index is 0.269. The van der Waals surface area contributed by atoms with Gasteiger partial charge in [-0.1, -0.05) is 29.3 Å². The van der Waals surface area contributed by atoms with E-state index in [4.69, 9.17) is 34.7 Å². The van der Waals surface area contributed by atoms with Crippen LogP contribution in [0, 0.1) is 0 Å². The van der Waals surface area contributed by atoms with Crippen molar-refractivity contribution in [1.29, 1.82) is 0 Å². The molecule has 0 bridgehead atoms. The normalized spacial score (nSPS) is 10.2. The molecule has 19 heavy (non-hydrogen) atoms. The molecule has 0 fully saturated rings. The van der Waals surface area contributed by atoms with Crippen LogP contribution in [-0.4, -0.2) is 5.91 Å². The summed E-state index contributed by atoms with van der Waals surface area (Å²) < 4.78 is 0. The lowest BCUT2D eigenvalue weighted by Crippen LogP contribution is -2.14. The van der Waals surface area contributed by atoms with E-state index in [0.29, 0.717) is 27.1 Å². The number of nitrogens with one attached hydrogen (secondary N) is 1. The highest BCUT2D eigenvalue weighted by atomic mass is 35.5. The van der Waals surface area contributed by atoms with Gasteiger partial charge < -0.3 is 16.8 Å². The Labute approximate surface area is 120 Å². The molecule has 0 saturated heterocycles. The molecular formula is C13H11Cl2N3O. The largest absolute Gasteiger partial charge is 0.396 e. The maximum Gasteiger partial charge on any atom is 0.250 e. The molecule has 2 aromatic rings. The van der Waals surface area contributed by atoms with E-state index in [9.17, 15) is 4.79 Å². The van der Waals surface area contributed by atoms with Crippen LogP contribution in [0.3, 0.4) is 0 Å². The highest BCUT2D eigenvalue weighted by molar-refractivity contribution is 6.42. The number of hydrogen-bond donors (Lipinski definition) is 3. The quantitative estimate of drug-likeness (QED) is 0.759. The van der Waals surface area contributed by atoms with Crippen LogP contribution in [0.25, 0.3) is 0 Å². The first kappa shape index (κ1) is 13.5. The number of para-hydroxylation sites is 1. The van der Waals surface area contributed by atoms with Gasteiger partial charge in [-0.3, -0.25) is 4.79 Å². The van der Waals surface area contributed by atoms with E-state index in [0.717, 1.165) is 0 Å². The van der Waals surface area contributed by atoms with Crippen LogP contribution in [0.4, 0.5) is 17.1 Å². The van der Waals surface area contributed by atoms with Crippen LogP contribution in [0.15, 0.2) is 36.4 Å². The summed E-state index contributed by atoms with van der Waals surface area (Å²) in [6.07, 6.45) is 0. The van der Waals surface area contributed by atoms with Crippen molar-refractivity contribution in [2.45, 2.75) is 0 Å². The van der Waals surface area contributed by atoms with Gasteiger partial charge in [-0.15, -0.1) is 0 Å². The molecule has 4 nitrogen and oxygen atoms in total.